The Morgan fingerprint density at radius 1 is 1.30 bits per heavy atom. The molecule has 1 N–H and O–H groups in total. The molecule has 2 rings (SSSR count). The van der Waals surface area contributed by atoms with E-state index >= 15 is 0 Å². The molecule has 20 heavy (non-hydrogen) atoms. The van der Waals surface area contributed by atoms with E-state index in [1.807, 2.05) is 6.07 Å². The van der Waals surface area contributed by atoms with E-state index in [-0.39, 0.29) is 6.61 Å². The predicted molar refractivity (Wildman–Crippen MR) is 83.3 cm³/mol. The van der Waals surface area contributed by atoms with E-state index in [0.717, 1.165) is 12.1 Å². The van der Waals surface area contributed by atoms with Crippen LogP contribution in [0.25, 0.3) is 0 Å². The molecule has 1 aliphatic heterocycles. The van der Waals surface area contributed by atoms with Gasteiger partial charge in [-0.15, -0.1) is 0 Å². The van der Waals surface area contributed by atoms with Gasteiger partial charge in [-0.25, -0.2) is 0 Å². The molecule has 0 amide bonds. The summed E-state index contributed by atoms with van der Waals surface area (Å²) in [6.07, 6.45) is 3.88. The fourth-order valence-electron chi connectivity index (χ4n) is 2.75. The molecule has 1 fully saturated rings. The van der Waals surface area contributed by atoms with Crippen molar-refractivity contribution in [3.63, 3.8) is 0 Å². The number of aliphatic hydroxyl groups is 1. The lowest BCUT2D eigenvalue weighted by molar-refractivity contribution is 0.109. The lowest BCUT2D eigenvalue weighted by atomic mass is 9.78. The molecule has 1 aliphatic rings. The first-order valence-corrected chi connectivity index (χ1v) is 7.56. The Morgan fingerprint density at radius 3 is 2.70 bits per heavy atom. The Kier molecular flexibility index (Phi) is 5.23. The lowest BCUT2D eigenvalue weighted by Gasteiger charge is -2.39. The van der Waals surface area contributed by atoms with Crippen molar-refractivity contribution in [2.45, 2.75) is 39.7 Å². The molecule has 0 aromatic heterocycles. The molecule has 1 heterocycles. The third-order valence-corrected chi connectivity index (χ3v) is 4.56. The summed E-state index contributed by atoms with van der Waals surface area (Å²) in [6, 6.07) is 8.35. The number of aliphatic hydroxyl groups excluding tert-OH is 1. The van der Waals surface area contributed by atoms with Crippen molar-refractivity contribution in [1.29, 1.82) is 0 Å². The van der Waals surface area contributed by atoms with E-state index < -0.39 is 0 Å². The van der Waals surface area contributed by atoms with Crippen molar-refractivity contribution in [3.8, 4) is 11.8 Å². The average Bonchev–Trinajstić information content (AvgIpc) is 2.48. The van der Waals surface area contributed by atoms with Crippen molar-refractivity contribution in [2.75, 3.05) is 19.7 Å². The Hall–Kier alpha value is -1.30. The highest BCUT2D eigenvalue weighted by molar-refractivity contribution is 5.37. The second-order valence-corrected chi connectivity index (χ2v) is 6.10. The van der Waals surface area contributed by atoms with E-state index in [1.54, 1.807) is 0 Å². The fourth-order valence-corrected chi connectivity index (χ4v) is 2.75. The number of hydrogen-bond acceptors (Lipinski definition) is 2. The molecule has 2 nitrogen and oxygen atoms in total. The van der Waals surface area contributed by atoms with Crippen LogP contribution >= 0.6 is 0 Å². The Bertz CT molecular complexity index is 490. The van der Waals surface area contributed by atoms with Crippen LogP contribution in [0.15, 0.2) is 24.3 Å². The normalized spacial score (nSPS) is 18.4. The summed E-state index contributed by atoms with van der Waals surface area (Å²) in [7, 11) is 0. The van der Waals surface area contributed by atoms with Gasteiger partial charge >= 0.3 is 0 Å². The third kappa shape index (κ3) is 4.10. The first-order chi connectivity index (χ1) is 9.65. The maximum absolute atomic E-state index is 8.75. The highest BCUT2D eigenvalue weighted by Crippen LogP contribution is 2.34. The SMILES string of the molecule is CCC1(C)CCN(Cc2cccc(C#CCO)c2)CC1. The van der Waals surface area contributed by atoms with Gasteiger partial charge in [0, 0.05) is 12.1 Å². The topological polar surface area (TPSA) is 23.5 Å². The van der Waals surface area contributed by atoms with E-state index in [9.17, 15) is 0 Å². The first kappa shape index (κ1) is 15.1. The predicted octanol–water partition coefficient (Wildman–Crippen LogP) is 3.04. The molecule has 0 saturated carbocycles. The van der Waals surface area contributed by atoms with Crippen molar-refractivity contribution in [2.24, 2.45) is 5.41 Å². The van der Waals surface area contributed by atoms with Crippen molar-refractivity contribution < 1.29 is 5.11 Å². The summed E-state index contributed by atoms with van der Waals surface area (Å²) in [5.74, 6) is 5.68. The molecule has 2 heteroatoms. The minimum Gasteiger partial charge on any atom is -0.384 e. The number of piperidine rings is 1. The summed E-state index contributed by atoms with van der Waals surface area (Å²) in [5.41, 5.74) is 2.85. The fraction of sp³-hybridized carbons (Fsp3) is 0.556. The maximum atomic E-state index is 8.75. The van der Waals surface area contributed by atoms with Gasteiger partial charge in [-0.2, -0.15) is 0 Å². The molecule has 0 bridgehead atoms. The molecule has 108 valence electrons. The number of nitrogens with zero attached hydrogens (tertiary/aromatic N) is 1. The molecule has 1 aromatic rings. The number of likely N-dealkylation sites (tertiary alicyclic amines) is 1. The third-order valence-electron chi connectivity index (χ3n) is 4.56. The van der Waals surface area contributed by atoms with E-state index in [2.05, 4.69) is 48.8 Å². The van der Waals surface area contributed by atoms with Gasteiger partial charge in [-0.1, -0.05) is 44.2 Å². The molecule has 0 atom stereocenters. The Morgan fingerprint density at radius 2 is 2.05 bits per heavy atom. The molecule has 1 saturated heterocycles. The van der Waals surface area contributed by atoms with E-state index in [1.165, 1.54) is 37.9 Å². The van der Waals surface area contributed by atoms with Crippen molar-refractivity contribution in [1.82, 2.24) is 4.90 Å². The van der Waals surface area contributed by atoms with Gasteiger partial charge in [0.15, 0.2) is 0 Å². The van der Waals surface area contributed by atoms with Crippen LogP contribution in [0, 0.1) is 17.3 Å². The molecule has 0 unspecified atom stereocenters. The minimum absolute atomic E-state index is 0.0774. The lowest BCUT2D eigenvalue weighted by Crippen LogP contribution is -2.37. The second kappa shape index (κ2) is 6.92. The van der Waals surface area contributed by atoms with Crippen LogP contribution in [0.2, 0.25) is 0 Å². The van der Waals surface area contributed by atoms with Crippen LogP contribution in [-0.4, -0.2) is 29.7 Å². The summed E-state index contributed by atoms with van der Waals surface area (Å²) >= 11 is 0. The number of hydrogen-bond donors (Lipinski definition) is 1. The highest BCUT2D eigenvalue weighted by Gasteiger charge is 2.27. The van der Waals surface area contributed by atoms with Gasteiger partial charge in [0.2, 0.25) is 0 Å². The monoisotopic (exact) mass is 271 g/mol. The van der Waals surface area contributed by atoms with Gasteiger partial charge in [0.25, 0.3) is 0 Å². The molecular formula is C18H25NO. The van der Waals surface area contributed by atoms with Gasteiger partial charge in [0.1, 0.15) is 6.61 Å². The van der Waals surface area contributed by atoms with Crippen molar-refractivity contribution in [3.05, 3.63) is 35.4 Å². The maximum Gasteiger partial charge on any atom is 0.104 e. The van der Waals surface area contributed by atoms with Crippen LogP contribution in [0.3, 0.4) is 0 Å². The first-order valence-electron chi connectivity index (χ1n) is 7.56. The molecule has 1 aromatic carbocycles. The second-order valence-electron chi connectivity index (χ2n) is 6.10. The summed E-state index contributed by atoms with van der Waals surface area (Å²) in [4.78, 5) is 2.54. The Labute approximate surface area is 122 Å². The van der Waals surface area contributed by atoms with Crippen LogP contribution in [-0.2, 0) is 6.54 Å². The minimum atomic E-state index is -0.0774. The molecule has 0 radical (unpaired) electrons. The zero-order valence-corrected chi connectivity index (χ0v) is 12.7. The van der Waals surface area contributed by atoms with Crippen LogP contribution < -0.4 is 0 Å². The van der Waals surface area contributed by atoms with Crippen LogP contribution in [0.4, 0.5) is 0 Å². The van der Waals surface area contributed by atoms with Gasteiger partial charge in [0.05, 0.1) is 0 Å². The van der Waals surface area contributed by atoms with Gasteiger partial charge in [-0.3, -0.25) is 4.90 Å². The average molecular weight is 271 g/mol. The van der Waals surface area contributed by atoms with Crippen LogP contribution in [0.5, 0.6) is 0 Å². The van der Waals surface area contributed by atoms with E-state index in [4.69, 9.17) is 5.11 Å². The molecular weight excluding hydrogens is 246 g/mol. The van der Waals surface area contributed by atoms with Crippen LogP contribution in [0.1, 0.15) is 44.2 Å². The standard InChI is InChI=1S/C18H25NO/c1-3-18(2)9-11-19(12-10-18)15-17-7-4-6-16(14-17)8-5-13-20/h4,6-7,14,20H,3,9-13,15H2,1-2H3. The van der Waals surface area contributed by atoms with Crippen molar-refractivity contribution >= 4 is 0 Å². The van der Waals surface area contributed by atoms with Gasteiger partial charge < -0.3 is 5.11 Å². The summed E-state index contributed by atoms with van der Waals surface area (Å²) < 4.78 is 0. The molecule has 0 aliphatic carbocycles. The quantitative estimate of drug-likeness (QED) is 0.854. The summed E-state index contributed by atoms with van der Waals surface area (Å²) in [5, 5.41) is 8.75. The largest absolute Gasteiger partial charge is 0.384 e. The zero-order valence-electron chi connectivity index (χ0n) is 12.7. The van der Waals surface area contributed by atoms with Gasteiger partial charge in [-0.05, 0) is 49.0 Å². The highest BCUT2D eigenvalue weighted by atomic mass is 16.2. The zero-order chi connectivity index (χ0) is 14.4. The smallest absolute Gasteiger partial charge is 0.104 e. The van der Waals surface area contributed by atoms with E-state index in [0.29, 0.717) is 5.41 Å². The Balaban J connectivity index is 1.94. The summed E-state index contributed by atoms with van der Waals surface area (Å²) in [6.45, 7) is 8.03. The number of rotatable bonds is 3. The molecule has 0 spiro atoms. The number of benzene rings is 1.